The van der Waals surface area contributed by atoms with Crippen LogP contribution in [-0.2, 0) is 6.54 Å². The number of benzene rings is 1. The molecule has 2 nitrogen and oxygen atoms in total. The van der Waals surface area contributed by atoms with Gasteiger partial charge in [0.25, 0.3) is 0 Å². The summed E-state index contributed by atoms with van der Waals surface area (Å²) in [5.74, 6) is 2.91. The van der Waals surface area contributed by atoms with Crippen LogP contribution < -0.4 is 21.5 Å². The summed E-state index contributed by atoms with van der Waals surface area (Å²) in [5.41, 5.74) is 2.16. The summed E-state index contributed by atoms with van der Waals surface area (Å²) < 4.78 is 2.05. The predicted octanol–water partition coefficient (Wildman–Crippen LogP) is -1.22. The first-order chi connectivity index (χ1) is 7.22. The van der Waals surface area contributed by atoms with Gasteiger partial charge in [0, 0.05) is 19.1 Å². The Kier molecular flexibility index (Phi) is 3.92. The molecule has 1 aromatic carbocycles. The van der Waals surface area contributed by atoms with Gasteiger partial charge in [0.2, 0.25) is 12.1 Å². The highest BCUT2D eigenvalue weighted by Gasteiger charge is 2.10. The molecule has 0 bridgehead atoms. The number of terminal acetylenes is 1. The maximum absolute atomic E-state index is 9.37. The summed E-state index contributed by atoms with van der Waals surface area (Å²) in [7, 11) is 0. The van der Waals surface area contributed by atoms with Crippen LogP contribution in [0.25, 0.3) is 10.9 Å². The van der Waals surface area contributed by atoms with Gasteiger partial charge in [0.05, 0.1) is 5.39 Å². The lowest BCUT2D eigenvalue weighted by Crippen LogP contribution is -3.00. The fourth-order valence-corrected chi connectivity index (χ4v) is 1.71. The highest BCUT2D eigenvalue weighted by Crippen LogP contribution is 2.17. The van der Waals surface area contributed by atoms with Crippen molar-refractivity contribution in [1.82, 2.24) is 0 Å². The monoisotopic (exact) mass is 277 g/mol. The van der Waals surface area contributed by atoms with Crippen molar-refractivity contribution in [3.05, 3.63) is 36.0 Å². The second-order valence-corrected chi connectivity index (χ2v) is 3.51. The third-order valence-corrected chi connectivity index (χ3v) is 2.48. The molecule has 0 aliphatic heterocycles. The number of fused-ring (bicyclic) bond motifs is 1. The molecule has 16 heavy (non-hydrogen) atoms. The maximum Gasteiger partial charge on any atom is 0.213 e. The Labute approximate surface area is 105 Å². The standard InChI is InChI=1S/C13H11NO.BrH/c1-3-8-14-10(2)4-5-11-9-12(15)6-7-13(11)14;/h1,4-7,9H,8H2,2H3;1H. The van der Waals surface area contributed by atoms with Crippen molar-refractivity contribution in [2.24, 2.45) is 0 Å². The quantitative estimate of drug-likeness (QED) is 0.513. The summed E-state index contributed by atoms with van der Waals surface area (Å²) in [6.45, 7) is 2.57. The van der Waals surface area contributed by atoms with Crippen LogP contribution in [0.2, 0.25) is 0 Å². The number of aromatic nitrogens is 1. The highest BCUT2D eigenvalue weighted by atomic mass is 79.9. The third kappa shape index (κ3) is 2.17. The van der Waals surface area contributed by atoms with E-state index < -0.39 is 0 Å². The van der Waals surface area contributed by atoms with Crippen LogP contribution in [0, 0.1) is 19.3 Å². The zero-order valence-corrected chi connectivity index (χ0v) is 10.5. The second kappa shape index (κ2) is 5.00. The minimum atomic E-state index is 0. The molecule has 0 saturated carbocycles. The minimum Gasteiger partial charge on any atom is -1.00 e. The van der Waals surface area contributed by atoms with E-state index in [9.17, 15) is 5.11 Å². The number of nitrogens with zero attached hydrogens (tertiary/aromatic N) is 1. The van der Waals surface area contributed by atoms with Gasteiger partial charge >= 0.3 is 0 Å². The number of aromatic hydroxyl groups is 1. The number of phenolic OH excluding ortho intramolecular Hbond substituents is 1. The van der Waals surface area contributed by atoms with Crippen molar-refractivity contribution in [2.75, 3.05) is 0 Å². The van der Waals surface area contributed by atoms with Crippen LogP contribution in [0.15, 0.2) is 30.3 Å². The molecule has 0 saturated heterocycles. The summed E-state index contributed by atoms with van der Waals surface area (Å²) >= 11 is 0. The van der Waals surface area contributed by atoms with Crippen LogP contribution in [0.3, 0.4) is 0 Å². The van der Waals surface area contributed by atoms with E-state index in [4.69, 9.17) is 6.42 Å². The largest absolute Gasteiger partial charge is 1.00 e. The average Bonchev–Trinajstić information content (AvgIpc) is 2.22. The Bertz CT molecular complexity index is 558. The molecule has 82 valence electrons. The molecule has 2 rings (SSSR count). The fraction of sp³-hybridized carbons (Fsp3) is 0.154. The average molecular weight is 278 g/mol. The van der Waals surface area contributed by atoms with Gasteiger partial charge in [-0.15, -0.1) is 6.42 Å². The number of halogens is 1. The van der Waals surface area contributed by atoms with Crippen LogP contribution in [0.1, 0.15) is 5.69 Å². The van der Waals surface area contributed by atoms with Crippen molar-refractivity contribution >= 4 is 10.9 Å². The molecular weight excluding hydrogens is 266 g/mol. The van der Waals surface area contributed by atoms with Crippen LogP contribution in [-0.4, -0.2) is 5.11 Å². The van der Waals surface area contributed by atoms with E-state index >= 15 is 0 Å². The molecule has 1 N–H and O–H groups in total. The van der Waals surface area contributed by atoms with Gasteiger partial charge in [-0.3, -0.25) is 0 Å². The van der Waals surface area contributed by atoms with Crippen molar-refractivity contribution < 1.29 is 26.7 Å². The number of aryl methyl sites for hydroxylation is 1. The Hall–Kier alpha value is -1.53. The van der Waals surface area contributed by atoms with Gasteiger partial charge in [0.1, 0.15) is 5.75 Å². The zero-order valence-electron chi connectivity index (χ0n) is 8.94. The smallest absolute Gasteiger partial charge is 0.213 e. The minimum absolute atomic E-state index is 0. The molecule has 0 atom stereocenters. The summed E-state index contributed by atoms with van der Waals surface area (Å²) in [6, 6.07) is 9.28. The van der Waals surface area contributed by atoms with Crippen molar-refractivity contribution in [1.29, 1.82) is 0 Å². The van der Waals surface area contributed by atoms with Gasteiger partial charge < -0.3 is 22.1 Å². The lowest BCUT2D eigenvalue weighted by molar-refractivity contribution is -0.664. The van der Waals surface area contributed by atoms with E-state index in [0.29, 0.717) is 6.54 Å². The molecule has 0 fully saturated rings. The number of hydrogen-bond acceptors (Lipinski definition) is 1. The number of pyridine rings is 1. The first-order valence-corrected chi connectivity index (χ1v) is 4.78. The molecule has 1 heterocycles. The molecule has 0 aliphatic rings. The fourth-order valence-electron chi connectivity index (χ4n) is 1.71. The summed E-state index contributed by atoms with van der Waals surface area (Å²) in [5, 5.41) is 10.4. The molecule has 0 radical (unpaired) electrons. The highest BCUT2D eigenvalue weighted by molar-refractivity contribution is 5.77. The molecule has 0 spiro atoms. The van der Waals surface area contributed by atoms with Crippen molar-refractivity contribution in [3.63, 3.8) is 0 Å². The first kappa shape index (κ1) is 12.5. The van der Waals surface area contributed by atoms with Gasteiger partial charge in [-0.1, -0.05) is 0 Å². The van der Waals surface area contributed by atoms with Crippen LogP contribution >= 0.6 is 0 Å². The number of rotatable bonds is 1. The molecule has 0 aliphatic carbocycles. The van der Waals surface area contributed by atoms with E-state index in [2.05, 4.69) is 10.5 Å². The Morgan fingerprint density at radius 1 is 1.31 bits per heavy atom. The molecule has 0 unspecified atom stereocenters. The van der Waals surface area contributed by atoms with Crippen LogP contribution in [0.4, 0.5) is 0 Å². The number of hydrogen-bond donors (Lipinski definition) is 1. The third-order valence-electron chi connectivity index (χ3n) is 2.48. The van der Waals surface area contributed by atoms with E-state index in [1.165, 1.54) is 0 Å². The van der Waals surface area contributed by atoms with E-state index in [1.807, 2.05) is 25.1 Å². The van der Waals surface area contributed by atoms with Gasteiger partial charge in [-0.25, -0.2) is 0 Å². The Morgan fingerprint density at radius 2 is 2.06 bits per heavy atom. The topological polar surface area (TPSA) is 24.1 Å². The lowest BCUT2D eigenvalue weighted by atomic mass is 10.2. The predicted molar refractivity (Wildman–Crippen MR) is 59.4 cm³/mol. The molecule has 3 heteroatoms. The Balaban J connectivity index is 0.00000128. The summed E-state index contributed by atoms with van der Waals surface area (Å²) in [6.07, 6.45) is 5.33. The SMILES string of the molecule is C#CC[n+]1c(C)ccc2cc(O)ccc21.[Br-]. The van der Waals surface area contributed by atoms with E-state index in [1.54, 1.807) is 12.1 Å². The van der Waals surface area contributed by atoms with E-state index in [-0.39, 0.29) is 22.7 Å². The first-order valence-electron chi connectivity index (χ1n) is 4.78. The summed E-state index contributed by atoms with van der Waals surface area (Å²) in [4.78, 5) is 0. The van der Waals surface area contributed by atoms with Crippen molar-refractivity contribution in [3.8, 4) is 18.1 Å². The van der Waals surface area contributed by atoms with Crippen molar-refractivity contribution in [2.45, 2.75) is 13.5 Å². The number of phenols is 1. The van der Waals surface area contributed by atoms with E-state index in [0.717, 1.165) is 16.6 Å². The normalized spacial score (nSPS) is 9.50. The van der Waals surface area contributed by atoms with Gasteiger partial charge in [-0.2, -0.15) is 4.57 Å². The van der Waals surface area contributed by atoms with Crippen LogP contribution in [0.5, 0.6) is 5.75 Å². The molecular formula is C13H12BrNO. The maximum atomic E-state index is 9.37. The van der Waals surface area contributed by atoms with Gasteiger partial charge in [0.15, 0.2) is 5.69 Å². The zero-order chi connectivity index (χ0) is 10.8. The molecule has 0 amide bonds. The molecule has 2 aromatic rings. The lowest BCUT2D eigenvalue weighted by Gasteiger charge is -2.01. The Morgan fingerprint density at radius 3 is 2.75 bits per heavy atom. The van der Waals surface area contributed by atoms with Gasteiger partial charge in [-0.05, 0) is 24.1 Å². The molecule has 1 aromatic heterocycles. The second-order valence-electron chi connectivity index (χ2n) is 3.51.